The summed E-state index contributed by atoms with van der Waals surface area (Å²) >= 11 is 1.31. The van der Waals surface area contributed by atoms with E-state index in [9.17, 15) is 14.4 Å². The smallest absolute Gasteiger partial charge is 0.323 e. The van der Waals surface area contributed by atoms with Gasteiger partial charge in [0.2, 0.25) is 11.8 Å². The summed E-state index contributed by atoms with van der Waals surface area (Å²) in [6, 6.07) is -0.224. The minimum absolute atomic E-state index is 0.0302. The zero-order valence-corrected chi connectivity index (χ0v) is 16.2. The number of hydrogen-bond acceptors (Lipinski definition) is 5. The zero-order valence-electron chi connectivity index (χ0n) is 15.4. The van der Waals surface area contributed by atoms with Crippen LogP contribution in [0.2, 0.25) is 0 Å². The van der Waals surface area contributed by atoms with Crippen LogP contribution >= 0.6 is 11.3 Å². The molecule has 2 rings (SSSR count). The number of hydrogen-bond donors (Lipinski definition) is 2. The molecule has 1 aromatic rings. The van der Waals surface area contributed by atoms with E-state index in [1.54, 1.807) is 15.2 Å². The SMILES string of the molecule is CCCCCNC(=O)Cc1csc(NC(=O)N2CCN(C(C)=O)CC2)n1. The predicted octanol–water partition coefficient (Wildman–Crippen LogP) is 1.69. The molecule has 1 aliphatic heterocycles. The highest BCUT2D eigenvalue weighted by molar-refractivity contribution is 7.13. The highest BCUT2D eigenvalue weighted by Gasteiger charge is 2.23. The van der Waals surface area contributed by atoms with Crippen molar-refractivity contribution in [2.75, 3.05) is 38.0 Å². The predicted molar refractivity (Wildman–Crippen MR) is 101 cm³/mol. The Morgan fingerprint density at radius 1 is 1.15 bits per heavy atom. The fraction of sp³-hybridized carbons (Fsp3) is 0.647. The lowest BCUT2D eigenvalue weighted by Gasteiger charge is -2.33. The van der Waals surface area contributed by atoms with Crippen LogP contribution in [0.5, 0.6) is 0 Å². The fourth-order valence-electron chi connectivity index (χ4n) is 2.67. The largest absolute Gasteiger partial charge is 0.356 e. The van der Waals surface area contributed by atoms with Gasteiger partial charge < -0.3 is 15.1 Å². The van der Waals surface area contributed by atoms with Crippen molar-refractivity contribution in [3.63, 3.8) is 0 Å². The molecule has 0 saturated carbocycles. The second kappa shape index (κ2) is 10.1. The van der Waals surface area contributed by atoms with Crippen molar-refractivity contribution >= 4 is 34.3 Å². The number of anilines is 1. The van der Waals surface area contributed by atoms with Crippen LogP contribution in [-0.4, -0.2) is 65.4 Å². The van der Waals surface area contributed by atoms with Crippen LogP contribution in [-0.2, 0) is 16.0 Å². The molecule has 4 amide bonds. The lowest BCUT2D eigenvalue weighted by molar-refractivity contribution is -0.130. The molecular formula is C17H27N5O3S. The van der Waals surface area contributed by atoms with Crippen molar-refractivity contribution in [1.29, 1.82) is 0 Å². The molecule has 26 heavy (non-hydrogen) atoms. The summed E-state index contributed by atoms with van der Waals surface area (Å²) in [5, 5.41) is 7.92. The van der Waals surface area contributed by atoms with Crippen LogP contribution < -0.4 is 10.6 Å². The van der Waals surface area contributed by atoms with Crippen LogP contribution in [0.15, 0.2) is 5.38 Å². The van der Waals surface area contributed by atoms with Crippen LogP contribution in [0.25, 0.3) is 0 Å². The minimum Gasteiger partial charge on any atom is -0.356 e. The lowest BCUT2D eigenvalue weighted by Crippen LogP contribution is -2.51. The van der Waals surface area contributed by atoms with E-state index in [1.807, 2.05) is 0 Å². The Bertz CT molecular complexity index is 626. The second-order valence-corrected chi connectivity index (χ2v) is 7.16. The number of carbonyl (C=O) groups is 3. The van der Waals surface area contributed by atoms with Gasteiger partial charge >= 0.3 is 6.03 Å². The Balaban J connectivity index is 1.74. The highest BCUT2D eigenvalue weighted by Crippen LogP contribution is 2.17. The molecule has 0 radical (unpaired) electrons. The molecule has 0 unspecified atom stereocenters. The van der Waals surface area contributed by atoms with Gasteiger partial charge in [0.25, 0.3) is 0 Å². The van der Waals surface area contributed by atoms with E-state index in [0.29, 0.717) is 43.5 Å². The van der Waals surface area contributed by atoms with Crippen LogP contribution in [0.3, 0.4) is 0 Å². The van der Waals surface area contributed by atoms with E-state index in [-0.39, 0.29) is 24.3 Å². The van der Waals surface area contributed by atoms with E-state index < -0.39 is 0 Å². The summed E-state index contributed by atoms with van der Waals surface area (Å²) in [6.45, 7) is 6.44. The van der Waals surface area contributed by atoms with Crippen molar-refractivity contribution in [2.24, 2.45) is 0 Å². The van der Waals surface area contributed by atoms with Gasteiger partial charge in [0.1, 0.15) is 0 Å². The quantitative estimate of drug-likeness (QED) is 0.703. The molecule has 9 heteroatoms. The average Bonchev–Trinajstić information content (AvgIpc) is 3.05. The molecule has 1 fully saturated rings. The van der Waals surface area contributed by atoms with Crippen molar-refractivity contribution in [3.05, 3.63) is 11.1 Å². The topological polar surface area (TPSA) is 94.6 Å². The average molecular weight is 382 g/mol. The standard InChI is InChI=1S/C17H27N5O3S/c1-3-4-5-6-18-15(24)11-14-12-26-16(19-14)20-17(25)22-9-7-21(8-10-22)13(2)23/h12H,3-11H2,1-2H3,(H,18,24)(H,19,20,25). The molecule has 1 aromatic heterocycles. The summed E-state index contributed by atoms with van der Waals surface area (Å²) in [7, 11) is 0. The molecule has 0 atom stereocenters. The van der Waals surface area contributed by atoms with Crippen molar-refractivity contribution < 1.29 is 14.4 Å². The molecule has 144 valence electrons. The van der Waals surface area contributed by atoms with Gasteiger partial charge in [-0.2, -0.15) is 0 Å². The summed E-state index contributed by atoms with van der Waals surface area (Å²) in [4.78, 5) is 43.2. The summed E-state index contributed by atoms with van der Waals surface area (Å²) in [5.74, 6) is -0.0211. The minimum atomic E-state index is -0.224. The molecular weight excluding hydrogens is 354 g/mol. The van der Waals surface area contributed by atoms with Gasteiger partial charge in [-0.3, -0.25) is 14.9 Å². The molecule has 2 heterocycles. The maximum atomic E-state index is 12.3. The van der Waals surface area contributed by atoms with E-state index in [4.69, 9.17) is 0 Å². The molecule has 0 aromatic carbocycles. The molecule has 1 aliphatic rings. The monoisotopic (exact) mass is 381 g/mol. The summed E-state index contributed by atoms with van der Waals surface area (Å²) < 4.78 is 0. The zero-order chi connectivity index (χ0) is 18.9. The van der Waals surface area contributed by atoms with Crippen LogP contribution in [0.4, 0.5) is 9.93 Å². The third-order valence-corrected chi connectivity index (χ3v) is 5.03. The van der Waals surface area contributed by atoms with Gasteiger partial charge in [0, 0.05) is 45.0 Å². The maximum Gasteiger partial charge on any atom is 0.323 e. The van der Waals surface area contributed by atoms with E-state index >= 15 is 0 Å². The maximum absolute atomic E-state index is 12.3. The number of nitrogens with zero attached hydrogens (tertiary/aromatic N) is 3. The van der Waals surface area contributed by atoms with Crippen molar-refractivity contribution in [2.45, 2.75) is 39.5 Å². The van der Waals surface area contributed by atoms with Gasteiger partial charge in [-0.1, -0.05) is 19.8 Å². The van der Waals surface area contributed by atoms with Crippen LogP contribution in [0, 0.1) is 0 Å². The number of amides is 4. The Kier molecular flexibility index (Phi) is 7.83. The van der Waals surface area contributed by atoms with Crippen LogP contribution in [0.1, 0.15) is 38.8 Å². The third-order valence-electron chi connectivity index (χ3n) is 4.22. The van der Waals surface area contributed by atoms with E-state index in [2.05, 4.69) is 22.5 Å². The Hall–Kier alpha value is -2.16. The number of urea groups is 1. The molecule has 0 bridgehead atoms. The first-order valence-corrected chi connectivity index (χ1v) is 9.90. The first-order valence-electron chi connectivity index (χ1n) is 9.02. The number of carbonyl (C=O) groups excluding carboxylic acids is 3. The molecule has 8 nitrogen and oxygen atoms in total. The van der Waals surface area contributed by atoms with Gasteiger partial charge in [-0.05, 0) is 6.42 Å². The summed E-state index contributed by atoms with van der Waals surface area (Å²) in [6.07, 6.45) is 3.43. The summed E-state index contributed by atoms with van der Waals surface area (Å²) in [5.41, 5.74) is 0.652. The Labute approximate surface area is 157 Å². The highest BCUT2D eigenvalue weighted by atomic mass is 32.1. The number of rotatable bonds is 7. The molecule has 0 spiro atoms. The molecule has 0 aliphatic carbocycles. The van der Waals surface area contributed by atoms with Gasteiger partial charge in [0.15, 0.2) is 5.13 Å². The van der Waals surface area contributed by atoms with Crippen molar-refractivity contribution in [3.8, 4) is 0 Å². The molecule has 2 N–H and O–H groups in total. The van der Waals surface area contributed by atoms with Gasteiger partial charge in [-0.15, -0.1) is 11.3 Å². The van der Waals surface area contributed by atoms with Gasteiger partial charge in [0.05, 0.1) is 12.1 Å². The molecule has 1 saturated heterocycles. The Morgan fingerprint density at radius 2 is 1.85 bits per heavy atom. The number of aromatic nitrogens is 1. The number of unbranched alkanes of at least 4 members (excludes halogenated alkanes) is 2. The number of nitrogens with one attached hydrogen (secondary N) is 2. The second-order valence-electron chi connectivity index (χ2n) is 6.30. The van der Waals surface area contributed by atoms with Crippen molar-refractivity contribution in [1.82, 2.24) is 20.1 Å². The van der Waals surface area contributed by atoms with E-state index in [1.165, 1.54) is 18.3 Å². The van der Waals surface area contributed by atoms with E-state index in [0.717, 1.165) is 19.3 Å². The Morgan fingerprint density at radius 3 is 2.50 bits per heavy atom. The van der Waals surface area contributed by atoms with Gasteiger partial charge in [-0.25, -0.2) is 9.78 Å². The first-order chi connectivity index (χ1) is 12.5. The number of thiazole rings is 1. The first kappa shape index (κ1) is 20.2. The fourth-order valence-corrected chi connectivity index (χ4v) is 3.37. The number of piperazine rings is 1. The third kappa shape index (κ3) is 6.29. The normalized spacial score (nSPS) is 14.2. The lowest BCUT2D eigenvalue weighted by atomic mass is 10.2.